The molecular weight excluding hydrogens is 461 g/mol. The fourth-order valence-corrected chi connectivity index (χ4v) is 4.49. The lowest BCUT2D eigenvalue weighted by Crippen LogP contribution is -2.69. The third-order valence-electron chi connectivity index (χ3n) is 4.98. The summed E-state index contributed by atoms with van der Waals surface area (Å²) >= 11 is 0.846. The van der Waals surface area contributed by atoms with Crippen molar-refractivity contribution in [3.63, 3.8) is 0 Å². The van der Waals surface area contributed by atoms with Crippen LogP contribution in [0, 0.1) is 6.92 Å². The average Bonchev–Trinajstić information content (AvgIpc) is 3.10. The van der Waals surface area contributed by atoms with Gasteiger partial charge in [0.25, 0.3) is 0 Å². The maximum absolute atomic E-state index is 14.3. The van der Waals surface area contributed by atoms with Gasteiger partial charge in [-0.3, -0.25) is 4.79 Å². The Morgan fingerprint density at radius 3 is 2.21 bits per heavy atom. The molecule has 0 fully saturated rings. The van der Waals surface area contributed by atoms with Crippen LogP contribution in [-0.2, 0) is 31.9 Å². The van der Waals surface area contributed by atoms with Crippen molar-refractivity contribution in [2.75, 3.05) is 19.5 Å². The molecule has 7 nitrogen and oxygen atoms in total. The fraction of sp³-hybridized carbons (Fsp3) is 0.409. The number of hydrogen-bond donors (Lipinski definition) is 2. The Bertz CT molecular complexity index is 1010. The standard InChI is InChI=1S/C22H25F3N2O5S/c1-5-15-13(2)33-18(17(15)19(29)31-3)27-21(20(30)32-4,22(23,24)25)26-16(28)12-11-14-9-7-6-8-10-14/h6-10,27H,5,11-12H2,1-4H3,(H,26,28)/t21-/m1/s1. The van der Waals surface area contributed by atoms with Crippen LogP contribution < -0.4 is 10.6 Å². The number of rotatable bonds is 9. The number of methoxy groups -OCH3 is 2. The molecule has 0 aliphatic heterocycles. The van der Waals surface area contributed by atoms with Crippen LogP contribution in [0.2, 0.25) is 0 Å². The highest BCUT2D eigenvalue weighted by molar-refractivity contribution is 7.16. The molecule has 11 heteroatoms. The number of nitrogens with one attached hydrogen (secondary N) is 2. The zero-order chi connectivity index (χ0) is 24.8. The van der Waals surface area contributed by atoms with Crippen LogP contribution in [0.1, 0.15) is 39.7 Å². The minimum absolute atomic E-state index is 0.126. The summed E-state index contributed by atoms with van der Waals surface area (Å²) in [7, 11) is 1.88. The van der Waals surface area contributed by atoms with Crippen molar-refractivity contribution in [3.8, 4) is 0 Å². The first-order valence-electron chi connectivity index (χ1n) is 9.99. The monoisotopic (exact) mass is 486 g/mol. The van der Waals surface area contributed by atoms with E-state index in [2.05, 4.69) is 10.1 Å². The third kappa shape index (κ3) is 5.65. The molecule has 1 aromatic carbocycles. The van der Waals surface area contributed by atoms with Gasteiger partial charge in [0.1, 0.15) is 5.00 Å². The van der Waals surface area contributed by atoms with Crippen LogP contribution >= 0.6 is 11.3 Å². The van der Waals surface area contributed by atoms with Crippen LogP contribution in [0.15, 0.2) is 30.3 Å². The van der Waals surface area contributed by atoms with Crippen molar-refractivity contribution in [2.45, 2.75) is 44.9 Å². The molecule has 0 unspecified atom stereocenters. The summed E-state index contributed by atoms with van der Waals surface area (Å²) in [6.07, 6.45) is -5.11. The molecule has 0 radical (unpaired) electrons. The highest BCUT2D eigenvalue weighted by Gasteiger charge is 2.64. The van der Waals surface area contributed by atoms with E-state index in [0.717, 1.165) is 31.1 Å². The molecule has 2 N–H and O–H groups in total. The lowest BCUT2D eigenvalue weighted by molar-refractivity contribution is -0.206. The number of anilines is 1. The first-order valence-corrected chi connectivity index (χ1v) is 10.8. The number of thiophene rings is 1. The summed E-state index contributed by atoms with van der Waals surface area (Å²) in [5, 5.41) is 3.59. The summed E-state index contributed by atoms with van der Waals surface area (Å²) in [5.41, 5.74) is -2.52. The SMILES string of the molecule is CCc1c(C)sc(N[C@](NC(=O)CCc2ccccc2)(C(=O)OC)C(F)(F)F)c1C(=O)OC. The third-order valence-corrected chi connectivity index (χ3v) is 6.04. The minimum atomic E-state index is -5.31. The topological polar surface area (TPSA) is 93.7 Å². The van der Waals surface area contributed by atoms with Gasteiger partial charge in [-0.25, -0.2) is 9.59 Å². The highest BCUT2D eigenvalue weighted by atomic mass is 32.1. The molecule has 0 spiro atoms. The highest BCUT2D eigenvalue weighted by Crippen LogP contribution is 2.40. The molecular formula is C22H25F3N2O5S. The summed E-state index contributed by atoms with van der Waals surface area (Å²) in [6, 6.07) is 8.70. The van der Waals surface area contributed by atoms with E-state index < -0.39 is 29.7 Å². The zero-order valence-electron chi connectivity index (χ0n) is 18.6. The van der Waals surface area contributed by atoms with E-state index in [1.807, 2.05) is 0 Å². The maximum Gasteiger partial charge on any atom is 0.441 e. The summed E-state index contributed by atoms with van der Waals surface area (Å²) in [5.74, 6) is -3.67. The second-order valence-electron chi connectivity index (χ2n) is 7.08. The Morgan fingerprint density at radius 1 is 1.06 bits per heavy atom. The summed E-state index contributed by atoms with van der Waals surface area (Å²) < 4.78 is 52.2. The number of benzene rings is 1. The number of esters is 2. The largest absolute Gasteiger partial charge is 0.466 e. The number of alkyl halides is 3. The summed E-state index contributed by atoms with van der Waals surface area (Å²) in [4.78, 5) is 37.9. The minimum Gasteiger partial charge on any atom is -0.466 e. The van der Waals surface area contributed by atoms with E-state index in [1.165, 1.54) is 0 Å². The Kier molecular flexibility index (Phi) is 8.48. The molecule has 1 heterocycles. The zero-order valence-corrected chi connectivity index (χ0v) is 19.4. The number of halogens is 3. The van der Waals surface area contributed by atoms with Crippen LogP contribution in [0.25, 0.3) is 0 Å². The molecule has 1 atom stereocenters. The van der Waals surface area contributed by atoms with E-state index in [0.29, 0.717) is 16.9 Å². The number of aryl methyl sites for hydroxylation is 2. The predicted octanol–water partition coefficient (Wildman–Crippen LogP) is 4.00. The number of carbonyl (C=O) groups excluding carboxylic acids is 3. The van der Waals surface area contributed by atoms with Gasteiger partial charge in [-0.1, -0.05) is 37.3 Å². The smallest absolute Gasteiger partial charge is 0.441 e. The van der Waals surface area contributed by atoms with Crippen LogP contribution in [0.3, 0.4) is 0 Å². The first kappa shape index (κ1) is 26.2. The second-order valence-corrected chi connectivity index (χ2v) is 8.31. The maximum atomic E-state index is 14.3. The van der Waals surface area contributed by atoms with Crippen LogP contribution in [0.5, 0.6) is 0 Å². The van der Waals surface area contributed by atoms with Crippen LogP contribution in [-0.4, -0.2) is 43.9 Å². The van der Waals surface area contributed by atoms with Crippen LogP contribution in [0.4, 0.5) is 18.2 Å². The molecule has 0 aliphatic carbocycles. The van der Waals surface area contributed by atoms with Gasteiger partial charge in [-0.05, 0) is 30.9 Å². The molecule has 180 valence electrons. The summed E-state index contributed by atoms with van der Waals surface area (Å²) in [6.45, 7) is 3.36. The van der Waals surface area contributed by atoms with Crippen molar-refractivity contribution >= 4 is 34.2 Å². The lowest BCUT2D eigenvalue weighted by Gasteiger charge is -2.34. The first-order chi connectivity index (χ1) is 15.5. The van der Waals surface area contributed by atoms with E-state index in [4.69, 9.17) is 4.74 Å². The fourth-order valence-electron chi connectivity index (χ4n) is 3.30. The van der Waals surface area contributed by atoms with Crippen molar-refractivity contribution < 1.29 is 37.0 Å². The number of ether oxygens (including phenoxy) is 2. The van der Waals surface area contributed by atoms with Gasteiger partial charge in [-0.15, -0.1) is 11.3 Å². The molecule has 0 saturated heterocycles. The Hall–Kier alpha value is -3.08. The lowest BCUT2D eigenvalue weighted by atomic mass is 10.1. The van der Waals surface area contributed by atoms with Crippen molar-refractivity contribution in [1.82, 2.24) is 5.32 Å². The van der Waals surface area contributed by atoms with Gasteiger partial charge in [0, 0.05) is 11.3 Å². The van der Waals surface area contributed by atoms with Gasteiger partial charge < -0.3 is 20.1 Å². The van der Waals surface area contributed by atoms with E-state index in [9.17, 15) is 27.6 Å². The number of amides is 1. The molecule has 1 amide bonds. The number of hydrogen-bond acceptors (Lipinski definition) is 7. The molecule has 0 bridgehead atoms. The molecule has 0 saturated carbocycles. The Morgan fingerprint density at radius 2 is 1.70 bits per heavy atom. The molecule has 33 heavy (non-hydrogen) atoms. The molecule has 0 aliphatic rings. The van der Waals surface area contributed by atoms with Gasteiger partial charge in [0.05, 0.1) is 19.8 Å². The second kappa shape index (κ2) is 10.7. The van der Waals surface area contributed by atoms with Gasteiger partial charge in [0.2, 0.25) is 5.91 Å². The molecule has 1 aromatic heterocycles. The van der Waals surface area contributed by atoms with Crippen molar-refractivity contribution in [1.29, 1.82) is 0 Å². The van der Waals surface area contributed by atoms with Crippen molar-refractivity contribution in [2.24, 2.45) is 0 Å². The molecule has 2 aromatic rings. The van der Waals surface area contributed by atoms with E-state index >= 15 is 0 Å². The van der Waals surface area contributed by atoms with Gasteiger partial charge in [0.15, 0.2) is 0 Å². The normalized spacial score (nSPS) is 13.1. The van der Waals surface area contributed by atoms with E-state index in [1.54, 1.807) is 49.5 Å². The molecule has 2 rings (SSSR count). The quantitative estimate of drug-likeness (QED) is 0.411. The number of carbonyl (C=O) groups is 3. The Labute approximate surface area is 193 Å². The average molecular weight is 487 g/mol. The van der Waals surface area contributed by atoms with Gasteiger partial charge in [-0.2, -0.15) is 13.2 Å². The predicted molar refractivity (Wildman–Crippen MR) is 117 cm³/mol. The van der Waals surface area contributed by atoms with Crippen molar-refractivity contribution in [3.05, 3.63) is 51.9 Å². The van der Waals surface area contributed by atoms with E-state index in [-0.39, 0.29) is 23.4 Å². The van der Waals surface area contributed by atoms with Gasteiger partial charge >= 0.3 is 23.8 Å². The Balaban J connectivity index is 2.48.